The number of aliphatic imine (C=N–C) groups is 1. The number of hydrogen-bond acceptors (Lipinski definition) is 5. The Labute approximate surface area is 204 Å². The molecule has 9 heteroatoms. The van der Waals surface area contributed by atoms with E-state index in [1.165, 1.54) is 0 Å². The second-order valence-electron chi connectivity index (χ2n) is 9.51. The molecular weight excluding hydrogens is 511 g/mol. The van der Waals surface area contributed by atoms with E-state index in [1.807, 2.05) is 25.7 Å². The molecule has 3 fully saturated rings. The topological polar surface area (TPSA) is 75.6 Å². The first-order chi connectivity index (χ1) is 14.4. The number of amides is 1. The molecule has 0 bridgehead atoms. The van der Waals surface area contributed by atoms with Crippen LogP contribution in [0.5, 0.6) is 0 Å². The summed E-state index contributed by atoms with van der Waals surface area (Å²) in [7, 11) is 0. The monoisotopic (exact) mass is 552 g/mol. The lowest BCUT2D eigenvalue weighted by atomic mass is 9.97. The number of nitrogens with zero attached hydrogens (tertiary/aromatic N) is 3. The summed E-state index contributed by atoms with van der Waals surface area (Å²) in [6.45, 7) is 14.2. The molecule has 2 unspecified atom stereocenters. The van der Waals surface area contributed by atoms with Crippen LogP contribution in [0.25, 0.3) is 0 Å². The van der Waals surface area contributed by atoms with E-state index in [2.05, 4.69) is 17.1 Å². The summed E-state index contributed by atoms with van der Waals surface area (Å²) >= 11 is 0. The molecule has 0 saturated carbocycles. The molecule has 3 aliphatic rings. The van der Waals surface area contributed by atoms with Crippen LogP contribution in [0, 0.1) is 5.92 Å². The molecule has 8 nitrogen and oxygen atoms in total. The van der Waals surface area contributed by atoms with E-state index < -0.39 is 5.60 Å². The van der Waals surface area contributed by atoms with E-state index in [4.69, 9.17) is 19.2 Å². The van der Waals surface area contributed by atoms with Crippen LogP contribution in [0.15, 0.2) is 4.99 Å². The summed E-state index contributed by atoms with van der Waals surface area (Å²) in [5, 5.41) is 3.45. The van der Waals surface area contributed by atoms with Crippen molar-refractivity contribution in [2.24, 2.45) is 10.9 Å². The van der Waals surface area contributed by atoms with Crippen molar-refractivity contribution in [1.29, 1.82) is 0 Å². The molecule has 3 rings (SSSR count). The second-order valence-corrected chi connectivity index (χ2v) is 9.51. The summed E-state index contributed by atoms with van der Waals surface area (Å²) in [6.07, 6.45) is 4.28. The molecule has 0 aromatic rings. The highest BCUT2D eigenvalue weighted by molar-refractivity contribution is 14.0. The van der Waals surface area contributed by atoms with Crippen molar-refractivity contribution in [2.75, 3.05) is 52.5 Å². The Morgan fingerprint density at radius 3 is 2.39 bits per heavy atom. The first kappa shape index (κ1) is 26.4. The fourth-order valence-corrected chi connectivity index (χ4v) is 4.25. The number of halogens is 1. The molecule has 0 radical (unpaired) electrons. The molecular formula is C22H41IN4O4. The average molecular weight is 552 g/mol. The fourth-order valence-electron chi connectivity index (χ4n) is 4.25. The summed E-state index contributed by atoms with van der Waals surface area (Å²) in [6, 6.07) is 0. The van der Waals surface area contributed by atoms with Gasteiger partial charge in [0.25, 0.3) is 0 Å². The van der Waals surface area contributed by atoms with Crippen molar-refractivity contribution in [3.8, 4) is 0 Å². The van der Waals surface area contributed by atoms with Crippen LogP contribution < -0.4 is 5.32 Å². The van der Waals surface area contributed by atoms with Gasteiger partial charge in [0.2, 0.25) is 0 Å². The SMILES string of the molecule is CCNC(=NCC1CCN(C(=O)OC(C)(C)C)CC1)N1CCOC(C2CCCO2)C1.I. The van der Waals surface area contributed by atoms with Crippen molar-refractivity contribution in [3.63, 3.8) is 0 Å². The minimum absolute atomic E-state index is 0. The Balaban J connectivity index is 0.00000341. The van der Waals surface area contributed by atoms with Gasteiger partial charge in [-0.25, -0.2) is 4.79 Å². The molecule has 1 amide bonds. The molecule has 3 aliphatic heterocycles. The molecule has 180 valence electrons. The quantitative estimate of drug-likeness (QED) is 0.328. The van der Waals surface area contributed by atoms with Crippen molar-refractivity contribution in [3.05, 3.63) is 0 Å². The van der Waals surface area contributed by atoms with E-state index in [-0.39, 0.29) is 42.3 Å². The minimum atomic E-state index is -0.446. The maximum Gasteiger partial charge on any atom is 0.410 e. The lowest BCUT2D eigenvalue weighted by Gasteiger charge is -2.37. The van der Waals surface area contributed by atoms with Gasteiger partial charge in [0.1, 0.15) is 11.7 Å². The van der Waals surface area contributed by atoms with Crippen molar-refractivity contribution in [1.82, 2.24) is 15.1 Å². The van der Waals surface area contributed by atoms with Crippen LogP contribution in [0.1, 0.15) is 53.4 Å². The first-order valence-electron chi connectivity index (χ1n) is 11.6. The van der Waals surface area contributed by atoms with Gasteiger partial charge in [0, 0.05) is 45.9 Å². The molecule has 2 atom stereocenters. The van der Waals surface area contributed by atoms with Gasteiger partial charge in [0.05, 0.1) is 12.7 Å². The largest absolute Gasteiger partial charge is 0.444 e. The van der Waals surface area contributed by atoms with Crippen LogP contribution in [-0.4, -0.2) is 92.1 Å². The maximum absolute atomic E-state index is 12.3. The van der Waals surface area contributed by atoms with Gasteiger partial charge in [-0.1, -0.05) is 0 Å². The molecule has 3 heterocycles. The van der Waals surface area contributed by atoms with Crippen molar-refractivity contribution >= 4 is 36.0 Å². The molecule has 0 spiro atoms. The highest BCUT2D eigenvalue weighted by Crippen LogP contribution is 2.22. The number of carbonyl (C=O) groups is 1. The smallest absolute Gasteiger partial charge is 0.410 e. The number of piperidine rings is 1. The fraction of sp³-hybridized carbons (Fsp3) is 0.909. The Morgan fingerprint density at radius 2 is 1.77 bits per heavy atom. The number of likely N-dealkylation sites (tertiary alicyclic amines) is 1. The van der Waals surface area contributed by atoms with Crippen LogP contribution in [0.4, 0.5) is 4.79 Å². The summed E-state index contributed by atoms with van der Waals surface area (Å²) < 4.78 is 17.3. The molecule has 3 saturated heterocycles. The van der Waals surface area contributed by atoms with Crippen molar-refractivity contribution in [2.45, 2.75) is 71.2 Å². The summed E-state index contributed by atoms with van der Waals surface area (Å²) in [5.74, 6) is 1.46. The van der Waals surface area contributed by atoms with Crippen LogP contribution in [0.3, 0.4) is 0 Å². The van der Waals surface area contributed by atoms with Gasteiger partial charge in [0.15, 0.2) is 5.96 Å². The zero-order chi connectivity index (χ0) is 21.6. The van der Waals surface area contributed by atoms with Crippen LogP contribution >= 0.6 is 24.0 Å². The zero-order valence-electron chi connectivity index (χ0n) is 19.6. The van der Waals surface area contributed by atoms with E-state index in [1.54, 1.807) is 0 Å². The molecule has 1 N–H and O–H groups in total. The average Bonchev–Trinajstić information content (AvgIpc) is 3.25. The Hall–Kier alpha value is -0.810. The third-order valence-corrected chi connectivity index (χ3v) is 5.87. The van der Waals surface area contributed by atoms with E-state index in [0.717, 1.165) is 77.5 Å². The van der Waals surface area contributed by atoms with Gasteiger partial charge in [-0.3, -0.25) is 4.99 Å². The second kappa shape index (κ2) is 12.4. The lowest BCUT2D eigenvalue weighted by Crippen LogP contribution is -2.53. The Bertz CT molecular complexity index is 585. The standard InChI is InChI=1S/C22H40N4O4.HI/c1-5-23-20(26-12-14-29-19(16-26)18-7-6-13-28-18)24-15-17-8-10-25(11-9-17)21(27)30-22(2,3)4;/h17-19H,5-16H2,1-4H3,(H,23,24);1H. The van der Waals surface area contributed by atoms with Gasteiger partial charge < -0.3 is 29.3 Å². The predicted molar refractivity (Wildman–Crippen MR) is 132 cm³/mol. The highest BCUT2D eigenvalue weighted by Gasteiger charge is 2.32. The number of ether oxygens (including phenoxy) is 3. The highest BCUT2D eigenvalue weighted by atomic mass is 127. The van der Waals surface area contributed by atoms with Crippen LogP contribution in [0.2, 0.25) is 0 Å². The normalized spacial score (nSPS) is 25.9. The third-order valence-electron chi connectivity index (χ3n) is 5.87. The number of carbonyl (C=O) groups excluding carboxylic acids is 1. The minimum Gasteiger partial charge on any atom is -0.444 e. The van der Waals surface area contributed by atoms with E-state index in [0.29, 0.717) is 12.5 Å². The molecule has 0 aliphatic carbocycles. The van der Waals surface area contributed by atoms with E-state index in [9.17, 15) is 4.79 Å². The van der Waals surface area contributed by atoms with Gasteiger partial charge >= 0.3 is 6.09 Å². The van der Waals surface area contributed by atoms with Gasteiger partial charge in [-0.15, -0.1) is 24.0 Å². The zero-order valence-corrected chi connectivity index (χ0v) is 21.9. The lowest BCUT2D eigenvalue weighted by molar-refractivity contribution is -0.0817. The number of nitrogens with one attached hydrogen (secondary N) is 1. The summed E-state index contributed by atoms with van der Waals surface area (Å²) in [5.41, 5.74) is -0.446. The maximum atomic E-state index is 12.3. The number of guanidine groups is 1. The Morgan fingerprint density at radius 1 is 1.06 bits per heavy atom. The van der Waals surface area contributed by atoms with Crippen LogP contribution in [-0.2, 0) is 14.2 Å². The van der Waals surface area contributed by atoms with Gasteiger partial charge in [-0.05, 0) is 59.3 Å². The Kier molecular flexibility index (Phi) is 10.6. The molecule has 0 aromatic carbocycles. The summed E-state index contributed by atoms with van der Waals surface area (Å²) in [4.78, 5) is 21.3. The first-order valence-corrected chi connectivity index (χ1v) is 11.6. The van der Waals surface area contributed by atoms with E-state index >= 15 is 0 Å². The number of rotatable bonds is 4. The third kappa shape index (κ3) is 8.24. The van der Waals surface area contributed by atoms with Gasteiger partial charge in [-0.2, -0.15) is 0 Å². The number of hydrogen-bond donors (Lipinski definition) is 1. The van der Waals surface area contributed by atoms with Crippen molar-refractivity contribution < 1.29 is 19.0 Å². The predicted octanol–water partition coefficient (Wildman–Crippen LogP) is 3.10. The molecule has 31 heavy (non-hydrogen) atoms. The number of morpholine rings is 1. The molecule has 0 aromatic heterocycles.